The summed E-state index contributed by atoms with van der Waals surface area (Å²) >= 11 is 9.39. The van der Waals surface area contributed by atoms with E-state index in [-0.39, 0.29) is 11.9 Å². The van der Waals surface area contributed by atoms with Gasteiger partial charge in [-0.3, -0.25) is 4.79 Å². The summed E-state index contributed by atoms with van der Waals surface area (Å²) < 4.78 is 5.65. The van der Waals surface area contributed by atoms with Gasteiger partial charge >= 0.3 is 5.97 Å². The van der Waals surface area contributed by atoms with E-state index in [2.05, 4.69) is 21.2 Å². The van der Waals surface area contributed by atoms with Crippen molar-refractivity contribution in [2.75, 3.05) is 7.11 Å². The Labute approximate surface area is 137 Å². The molecule has 2 rings (SSSR count). The van der Waals surface area contributed by atoms with Crippen molar-refractivity contribution in [3.05, 3.63) is 33.3 Å². The van der Waals surface area contributed by atoms with Gasteiger partial charge in [0.1, 0.15) is 5.54 Å². The van der Waals surface area contributed by atoms with Gasteiger partial charge in [-0.25, -0.2) is 4.79 Å². The fourth-order valence-corrected chi connectivity index (χ4v) is 3.25. The molecule has 0 bridgehead atoms. The molecule has 0 spiro atoms. The van der Waals surface area contributed by atoms with Crippen LogP contribution in [0.1, 0.15) is 42.5 Å². The van der Waals surface area contributed by atoms with Crippen molar-refractivity contribution in [1.29, 1.82) is 0 Å². The Morgan fingerprint density at radius 3 is 2.57 bits per heavy atom. The maximum atomic E-state index is 12.5. The molecule has 21 heavy (non-hydrogen) atoms. The number of methoxy groups -OCH3 is 1. The van der Waals surface area contributed by atoms with E-state index in [4.69, 9.17) is 16.3 Å². The molecular weight excluding hydrogens is 358 g/mol. The SMILES string of the molecule is COC(=O)C1(NC(=O)c2cc(Br)ccc2Cl)CCCCC1. The Bertz CT molecular complexity index is 556. The van der Waals surface area contributed by atoms with E-state index in [1.165, 1.54) is 7.11 Å². The number of halogens is 2. The molecule has 1 aliphatic rings. The number of amides is 1. The molecule has 0 aliphatic heterocycles. The third-order valence-electron chi connectivity index (χ3n) is 3.81. The van der Waals surface area contributed by atoms with Gasteiger partial charge < -0.3 is 10.1 Å². The monoisotopic (exact) mass is 373 g/mol. The van der Waals surface area contributed by atoms with E-state index in [0.717, 1.165) is 23.7 Å². The zero-order valence-electron chi connectivity index (χ0n) is 11.7. The van der Waals surface area contributed by atoms with Crippen LogP contribution in [0.4, 0.5) is 0 Å². The number of benzene rings is 1. The summed E-state index contributed by atoms with van der Waals surface area (Å²) in [5, 5.41) is 3.20. The first-order valence-corrected chi connectivity index (χ1v) is 8.01. The average molecular weight is 375 g/mol. The highest BCUT2D eigenvalue weighted by atomic mass is 79.9. The van der Waals surface area contributed by atoms with Crippen LogP contribution in [-0.4, -0.2) is 24.5 Å². The lowest BCUT2D eigenvalue weighted by Crippen LogP contribution is -2.56. The first kappa shape index (κ1) is 16.3. The number of ether oxygens (including phenoxy) is 1. The van der Waals surface area contributed by atoms with Crippen molar-refractivity contribution in [3.8, 4) is 0 Å². The number of rotatable bonds is 3. The third kappa shape index (κ3) is 3.58. The third-order valence-corrected chi connectivity index (χ3v) is 4.63. The van der Waals surface area contributed by atoms with Gasteiger partial charge in [0.15, 0.2) is 0 Å². The first-order chi connectivity index (χ1) is 9.98. The number of hydrogen-bond donors (Lipinski definition) is 1. The molecule has 1 saturated carbocycles. The molecule has 6 heteroatoms. The molecule has 0 heterocycles. The predicted octanol–water partition coefficient (Wildman–Crippen LogP) is 3.71. The van der Waals surface area contributed by atoms with Crippen LogP contribution in [0.15, 0.2) is 22.7 Å². The zero-order valence-corrected chi connectivity index (χ0v) is 14.1. The van der Waals surface area contributed by atoms with Crippen LogP contribution >= 0.6 is 27.5 Å². The lowest BCUT2D eigenvalue weighted by Gasteiger charge is -2.35. The molecule has 1 fully saturated rings. The largest absolute Gasteiger partial charge is 0.467 e. The molecule has 1 aromatic rings. The van der Waals surface area contributed by atoms with Crippen molar-refractivity contribution in [2.24, 2.45) is 0 Å². The lowest BCUT2D eigenvalue weighted by molar-refractivity contribution is -0.149. The summed E-state index contributed by atoms with van der Waals surface area (Å²) in [6.45, 7) is 0. The van der Waals surface area contributed by atoms with Gasteiger partial charge in [-0.05, 0) is 31.0 Å². The highest BCUT2D eigenvalue weighted by Crippen LogP contribution is 2.30. The fraction of sp³-hybridized carbons (Fsp3) is 0.467. The summed E-state index contributed by atoms with van der Waals surface area (Å²) in [6, 6.07) is 5.05. The number of nitrogens with one attached hydrogen (secondary N) is 1. The van der Waals surface area contributed by atoms with Crippen LogP contribution in [0.2, 0.25) is 5.02 Å². The van der Waals surface area contributed by atoms with Crippen molar-refractivity contribution in [2.45, 2.75) is 37.6 Å². The fourth-order valence-electron chi connectivity index (χ4n) is 2.69. The molecule has 114 valence electrons. The minimum atomic E-state index is -0.935. The Kier molecular flexibility index (Phi) is 5.27. The lowest BCUT2D eigenvalue weighted by atomic mass is 9.81. The van der Waals surface area contributed by atoms with E-state index in [1.807, 2.05) is 0 Å². The Morgan fingerprint density at radius 1 is 1.29 bits per heavy atom. The normalized spacial score (nSPS) is 17.1. The summed E-state index contributed by atoms with van der Waals surface area (Å²) in [7, 11) is 1.34. The molecule has 4 nitrogen and oxygen atoms in total. The quantitative estimate of drug-likeness (QED) is 0.821. The maximum Gasteiger partial charge on any atom is 0.331 e. The molecule has 0 aromatic heterocycles. The second kappa shape index (κ2) is 6.79. The molecule has 1 aliphatic carbocycles. The van der Waals surface area contributed by atoms with Gasteiger partial charge in [-0.1, -0.05) is 46.8 Å². The minimum absolute atomic E-state index is 0.347. The molecular formula is C15H17BrClNO3. The second-order valence-electron chi connectivity index (χ2n) is 5.21. The number of hydrogen-bond acceptors (Lipinski definition) is 3. The van der Waals surface area contributed by atoms with Crippen molar-refractivity contribution < 1.29 is 14.3 Å². The van der Waals surface area contributed by atoms with Crippen LogP contribution in [0, 0.1) is 0 Å². The van der Waals surface area contributed by atoms with E-state index >= 15 is 0 Å². The number of esters is 1. The van der Waals surface area contributed by atoms with Crippen LogP contribution in [0.3, 0.4) is 0 Å². The van der Waals surface area contributed by atoms with Crippen LogP contribution < -0.4 is 5.32 Å². The second-order valence-corrected chi connectivity index (χ2v) is 6.54. The molecule has 0 saturated heterocycles. The van der Waals surface area contributed by atoms with Gasteiger partial charge in [-0.15, -0.1) is 0 Å². The number of carbonyl (C=O) groups is 2. The van der Waals surface area contributed by atoms with Gasteiger partial charge in [-0.2, -0.15) is 0 Å². The minimum Gasteiger partial charge on any atom is -0.467 e. The topological polar surface area (TPSA) is 55.4 Å². The molecule has 1 N–H and O–H groups in total. The Hall–Kier alpha value is -1.07. The Morgan fingerprint density at radius 2 is 1.95 bits per heavy atom. The summed E-state index contributed by atoms with van der Waals surface area (Å²) in [4.78, 5) is 24.6. The van der Waals surface area contributed by atoms with E-state index < -0.39 is 5.54 Å². The zero-order chi connectivity index (χ0) is 15.5. The average Bonchev–Trinajstić information content (AvgIpc) is 2.49. The smallest absolute Gasteiger partial charge is 0.331 e. The Balaban J connectivity index is 2.26. The van der Waals surface area contributed by atoms with Gasteiger partial charge in [0.2, 0.25) is 0 Å². The highest BCUT2D eigenvalue weighted by molar-refractivity contribution is 9.10. The van der Waals surface area contributed by atoms with Crippen molar-refractivity contribution >= 4 is 39.4 Å². The van der Waals surface area contributed by atoms with Crippen LogP contribution in [-0.2, 0) is 9.53 Å². The van der Waals surface area contributed by atoms with E-state index in [9.17, 15) is 9.59 Å². The van der Waals surface area contributed by atoms with Crippen LogP contribution in [0.5, 0.6) is 0 Å². The number of carbonyl (C=O) groups excluding carboxylic acids is 2. The van der Waals surface area contributed by atoms with E-state index in [0.29, 0.717) is 23.4 Å². The van der Waals surface area contributed by atoms with Gasteiger partial charge in [0, 0.05) is 4.47 Å². The molecule has 0 atom stereocenters. The van der Waals surface area contributed by atoms with Crippen molar-refractivity contribution in [3.63, 3.8) is 0 Å². The standard InChI is InChI=1S/C15H17BrClNO3/c1-21-14(20)15(7-3-2-4-8-15)18-13(19)11-9-10(16)5-6-12(11)17/h5-6,9H,2-4,7-8H2,1H3,(H,18,19). The maximum absolute atomic E-state index is 12.5. The highest BCUT2D eigenvalue weighted by Gasteiger charge is 2.42. The summed E-state index contributed by atoms with van der Waals surface area (Å²) in [5.74, 6) is -0.740. The molecule has 0 unspecified atom stereocenters. The van der Waals surface area contributed by atoms with Gasteiger partial charge in [0.25, 0.3) is 5.91 Å². The van der Waals surface area contributed by atoms with E-state index in [1.54, 1.807) is 18.2 Å². The molecule has 0 radical (unpaired) electrons. The molecule has 1 amide bonds. The predicted molar refractivity (Wildman–Crippen MR) is 84.5 cm³/mol. The van der Waals surface area contributed by atoms with Crippen LogP contribution in [0.25, 0.3) is 0 Å². The first-order valence-electron chi connectivity index (χ1n) is 6.84. The van der Waals surface area contributed by atoms with Gasteiger partial charge in [0.05, 0.1) is 17.7 Å². The summed E-state index contributed by atoms with van der Waals surface area (Å²) in [5.41, 5.74) is -0.588. The molecule has 1 aromatic carbocycles. The van der Waals surface area contributed by atoms with Crippen molar-refractivity contribution in [1.82, 2.24) is 5.32 Å². The summed E-state index contributed by atoms with van der Waals surface area (Å²) in [6.07, 6.45) is 4.03.